The molecule has 0 aliphatic carbocycles. The van der Waals surface area contributed by atoms with Gasteiger partial charge in [-0.15, -0.1) is 0 Å². The molecule has 0 aromatic heterocycles. The number of amides is 1. The molecule has 0 aliphatic heterocycles. The second-order valence-electron chi connectivity index (χ2n) is 3.72. The Morgan fingerprint density at radius 1 is 1.53 bits per heavy atom. The Kier molecular flexibility index (Phi) is 7.35. The first-order valence-electron chi connectivity index (χ1n) is 5.00. The standard InChI is InChI=1S/C9H20N4O2/c1-7(2)5-12-9(14)6-11-4-3-8(10)13-15/h7,11,15H,3-6H2,1-2H3,(H2,10,13)(H,12,14). The Labute approximate surface area is 89.9 Å². The fraction of sp³-hybridized carbons (Fsp3) is 0.778. The average molecular weight is 216 g/mol. The molecule has 5 N–H and O–H groups in total. The van der Waals surface area contributed by atoms with Crippen LogP contribution in [-0.2, 0) is 4.79 Å². The van der Waals surface area contributed by atoms with Gasteiger partial charge in [0.25, 0.3) is 0 Å². The van der Waals surface area contributed by atoms with E-state index in [1.54, 1.807) is 0 Å². The van der Waals surface area contributed by atoms with E-state index < -0.39 is 0 Å². The van der Waals surface area contributed by atoms with Crippen molar-refractivity contribution in [2.45, 2.75) is 20.3 Å². The van der Waals surface area contributed by atoms with Gasteiger partial charge < -0.3 is 21.6 Å². The van der Waals surface area contributed by atoms with Gasteiger partial charge in [-0.1, -0.05) is 19.0 Å². The fourth-order valence-electron chi connectivity index (χ4n) is 0.849. The Morgan fingerprint density at radius 3 is 2.73 bits per heavy atom. The van der Waals surface area contributed by atoms with Gasteiger partial charge in [-0.3, -0.25) is 4.79 Å². The van der Waals surface area contributed by atoms with Crippen LogP contribution >= 0.6 is 0 Å². The lowest BCUT2D eigenvalue weighted by Gasteiger charge is -2.08. The van der Waals surface area contributed by atoms with E-state index in [1.807, 2.05) is 13.8 Å². The Morgan fingerprint density at radius 2 is 2.20 bits per heavy atom. The lowest BCUT2D eigenvalue weighted by molar-refractivity contribution is -0.120. The Hall–Kier alpha value is -1.30. The molecule has 88 valence electrons. The second kappa shape index (κ2) is 8.05. The average Bonchev–Trinajstić information content (AvgIpc) is 2.21. The molecule has 0 spiro atoms. The monoisotopic (exact) mass is 216 g/mol. The van der Waals surface area contributed by atoms with Crippen LogP contribution in [0.25, 0.3) is 0 Å². The van der Waals surface area contributed by atoms with Crippen LogP contribution in [-0.4, -0.2) is 36.6 Å². The second-order valence-corrected chi connectivity index (χ2v) is 3.72. The van der Waals surface area contributed by atoms with Crippen LogP contribution in [0.5, 0.6) is 0 Å². The summed E-state index contributed by atoms with van der Waals surface area (Å²) in [7, 11) is 0. The van der Waals surface area contributed by atoms with Crippen molar-refractivity contribution in [1.82, 2.24) is 10.6 Å². The van der Waals surface area contributed by atoms with Crippen LogP contribution in [0.3, 0.4) is 0 Å². The molecule has 0 fully saturated rings. The molecule has 0 radical (unpaired) electrons. The van der Waals surface area contributed by atoms with E-state index in [-0.39, 0.29) is 18.3 Å². The van der Waals surface area contributed by atoms with Gasteiger partial charge in [-0.2, -0.15) is 0 Å². The van der Waals surface area contributed by atoms with Gasteiger partial charge in [0.05, 0.1) is 6.54 Å². The van der Waals surface area contributed by atoms with Gasteiger partial charge in [0.15, 0.2) is 0 Å². The van der Waals surface area contributed by atoms with Gasteiger partial charge in [-0.05, 0) is 5.92 Å². The number of nitrogens with one attached hydrogen (secondary N) is 2. The van der Waals surface area contributed by atoms with Crippen LogP contribution in [0.1, 0.15) is 20.3 Å². The fourth-order valence-corrected chi connectivity index (χ4v) is 0.849. The Balaban J connectivity index is 3.39. The summed E-state index contributed by atoms with van der Waals surface area (Å²) in [6, 6.07) is 0. The number of oxime groups is 1. The molecule has 0 bridgehead atoms. The molecule has 6 heteroatoms. The number of nitrogens with zero attached hydrogens (tertiary/aromatic N) is 1. The summed E-state index contributed by atoms with van der Waals surface area (Å²) in [6.45, 7) is 5.52. The SMILES string of the molecule is CC(C)CNC(=O)CNCCC(N)=NO. The zero-order chi connectivity index (χ0) is 11.7. The van der Waals surface area contributed by atoms with Gasteiger partial charge in [-0.25, -0.2) is 0 Å². The number of rotatable bonds is 7. The molecule has 0 saturated heterocycles. The maximum Gasteiger partial charge on any atom is 0.233 e. The zero-order valence-corrected chi connectivity index (χ0v) is 9.29. The van der Waals surface area contributed by atoms with E-state index in [4.69, 9.17) is 10.9 Å². The lowest BCUT2D eigenvalue weighted by Crippen LogP contribution is -2.36. The predicted octanol–water partition coefficient (Wildman–Crippen LogP) is -0.515. The van der Waals surface area contributed by atoms with E-state index in [9.17, 15) is 4.79 Å². The number of nitrogens with two attached hydrogens (primary N) is 1. The van der Waals surface area contributed by atoms with E-state index in [2.05, 4.69) is 15.8 Å². The van der Waals surface area contributed by atoms with Crippen LogP contribution in [0.15, 0.2) is 5.16 Å². The summed E-state index contributed by atoms with van der Waals surface area (Å²) >= 11 is 0. The van der Waals surface area contributed by atoms with Crippen LogP contribution in [0.2, 0.25) is 0 Å². The third-order valence-electron chi connectivity index (χ3n) is 1.68. The molecular formula is C9H20N4O2. The minimum absolute atomic E-state index is 0.0387. The molecule has 0 saturated carbocycles. The maximum absolute atomic E-state index is 11.2. The summed E-state index contributed by atoms with van der Waals surface area (Å²) < 4.78 is 0. The van der Waals surface area contributed by atoms with Crippen molar-refractivity contribution in [3.05, 3.63) is 0 Å². The van der Waals surface area contributed by atoms with Crippen molar-refractivity contribution < 1.29 is 10.0 Å². The minimum atomic E-state index is -0.0387. The largest absolute Gasteiger partial charge is 0.409 e. The molecule has 0 unspecified atom stereocenters. The minimum Gasteiger partial charge on any atom is -0.409 e. The lowest BCUT2D eigenvalue weighted by atomic mass is 10.2. The number of hydrogen-bond acceptors (Lipinski definition) is 4. The quantitative estimate of drug-likeness (QED) is 0.151. The number of carbonyl (C=O) groups is 1. The Bertz CT molecular complexity index is 216. The molecule has 6 nitrogen and oxygen atoms in total. The highest BCUT2D eigenvalue weighted by Gasteiger charge is 2.01. The summed E-state index contributed by atoms with van der Waals surface area (Å²) in [5, 5.41) is 16.7. The van der Waals surface area contributed by atoms with Gasteiger partial charge in [0, 0.05) is 19.5 Å². The molecule has 0 aliphatic rings. The third-order valence-corrected chi connectivity index (χ3v) is 1.68. The number of carbonyl (C=O) groups excluding carboxylic acids is 1. The molecular weight excluding hydrogens is 196 g/mol. The number of hydrogen-bond donors (Lipinski definition) is 4. The van der Waals surface area contributed by atoms with Gasteiger partial charge in [0.1, 0.15) is 5.84 Å². The molecule has 1 amide bonds. The highest BCUT2D eigenvalue weighted by molar-refractivity contribution is 5.80. The third kappa shape index (κ3) is 9.01. The predicted molar refractivity (Wildman–Crippen MR) is 58.7 cm³/mol. The maximum atomic E-state index is 11.2. The van der Waals surface area contributed by atoms with Crippen LogP contribution in [0.4, 0.5) is 0 Å². The van der Waals surface area contributed by atoms with Crippen LogP contribution < -0.4 is 16.4 Å². The smallest absolute Gasteiger partial charge is 0.233 e. The van der Waals surface area contributed by atoms with Crippen molar-refractivity contribution in [3.63, 3.8) is 0 Å². The summed E-state index contributed by atoms with van der Waals surface area (Å²) in [5.41, 5.74) is 5.25. The number of amidine groups is 1. The summed E-state index contributed by atoms with van der Waals surface area (Å²) in [5.74, 6) is 0.569. The molecule has 15 heavy (non-hydrogen) atoms. The van der Waals surface area contributed by atoms with Crippen molar-refractivity contribution >= 4 is 11.7 Å². The van der Waals surface area contributed by atoms with E-state index >= 15 is 0 Å². The molecule has 0 rings (SSSR count). The molecule has 0 atom stereocenters. The van der Waals surface area contributed by atoms with Crippen molar-refractivity contribution in [2.24, 2.45) is 16.8 Å². The van der Waals surface area contributed by atoms with E-state index in [0.717, 1.165) is 0 Å². The first-order chi connectivity index (χ1) is 7.06. The summed E-state index contributed by atoms with van der Waals surface area (Å²) in [4.78, 5) is 11.2. The van der Waals surface area contributed by atoms with Crippen molar-refractivity contribution in [1.29, 1.82) is 0 Å². The van der Waals surface area contributed by atoms with E-state index in [1.165, 1.54) is 0 Å². The normalized spacial score (nSPS) is 11.8. The molecule has 0 aromatic carbocycles. The molecule has 0 aromatic rings. The topological polar surface area (TPSA) is 99.7 Å². The highest BCUT2D eigenvalue weighted by atomic mass is 16.4. The zero-order valence-electron chi connectivity index (χ0n) is 9.29. The van der Waals surface area contributed by atoms with Crippen LogP contribution in [0, 0.1) is 5.92 Å². The van der Waals surface area contributed by atoms with Crippen molar-refractivity contribution in [3.8, 4) is 0 Å². The van der Waals surface area contributed by atoms with Gasteiger partial charge >= 0.3 is 0 Å². The highest BCUT2D eigenvalue weighted by Crippen LogP contribution is 1.86. The first-order valence-corrected chi connectivity index (χ1v) is 5.00. The molecule has 0 heterocycles. The van der Waals surface area contributed by atoms with Gasteiger partial charge in [0.2, 0.25) is 5.91 Å². The van der Waals surface area contributed by atoms with Crippen molar-refractivity contribution in [2.75, 3.05) is 19.6 Å². The summed E-state index contributed by atoms with van der Waals surface area (Å²) in [6.07, 6.45) is 0.425. The van der Waals surface area contributed by atoms with E-state index in [0.29, 0.717) is 25.4 Å². The first kappa shape index (κ1) is 13.7.